The number of hydrogen-bond donors (Lipinski definition) is 1. The van der Waals surface area contributed by atoms with Gasteiger partial charge < -0.3 is 10.2 Å². The summed E-state index contributed by atoms with van der Waals surface area (Å²) in [7, 11) is 0. The van der Waals surface area contributed by atoms with Gasteiger partial charge in [0.15, 0.2) is 0 Å². The zero-order valence-corrected chi connectivity index (χ0v) is 12.8. The minimum absolute atomic E-state index is 0.441. The Morgan fingerprint density at radius 1 is 1.26 bits per heavy atom. The first-order chi connectivity index (χ1) is 9.13. The van der Waals surface area contributed by atoms with Crippen molar-refractivity contribution in [1.82, 2.24) is 5.32 Å². The molecule has 0 amide bonds. The molecule has 0 aliphatic carbocycles. The lowest BCUT2D eigenvalue weighted by Crippen LogP contribution is -2.42. The molecule has 1 aliphatic heterocycles. The van der Waals surface area contributed by atoms with E-state index < -0.39 is 0 Å². The third kappa shape index (κ3) is 3.30. The molecule has 106 valence electrons. The van der Waals surface area contributed by atoms with Crippen molar-refractivity contribution in [3.63, 3.8) is 0 Å². The Labute approximate surface area is 118 Å². The summed E-state index contributed by atoms with van der Waals surface area (Å²) in [6, 6.07) is 10.2. The lowest BCUT2D eigenvalue weighted by Gasteiger charge is -2.39. The van der Waals surface area contributed by atoms with E-state index in [9.17, 15) is 0 Å². The topological polar surface area (TPSA) is 15.3 Å². The van der Waals surface area contributed by atoms with Crippen LogP contribution in [0.3, 0.4) is 0 Å². The standard InChI is InChI=1S/C17H28N2/c1-5-18-14(3)16-8-10-17(11-9-16)19-12-6-7-13(2)15(19)4/h8-11,13-15,18H,5-7,12H2,1-4H3. The Bertz CT molecular complexity index is 385. The quantitative estimate of drug-likeness (QED) is 0.881. The molecule has 0 spiro atoms. The summed E-state index contributed by atoms with van der Waals surface area (Å²) in [4.78, 5) is 2.57. The normalized spacial score (nSPS) is 25.4. The van der Waals surface area contributed by atoms with Gasteiger partial charge in [-0.05, 0) is 56.8 Å². The van der Waals surface area contributed by atoms with Crippen molar-refractivity contribution in [2.75, 3.05) is 18.0 Å². The number of rotatable bonds is 4. The summed E-state index contributed by atoms with van der Waals surface area (Å²) in [5.74, 6) is 0.800. The molecular formula is C17H28N2. The minimum Gasteiger partial charge on any atom is -0.369 e. The molecular weight excluding hydrogens is 232 g/mol. The van der Waals surface area contributed by atoms with Crippen LogP contribution in [0.5, 0.6) is 0 Å². The highest BCUT2D eigenvalue weighted by atomic mass is 15.2. The molecule has 2 rings (SSSR count). The van der Waals surface area contributed by atoms with E-state index in [1.807, 2.05) is 0 Å². The van der Waals surface area contributed by atoms with Crippen molar-refractivity contribution in [1.29, 1.82) is 0 Å². The zero-order chi connectivity index (χ0) is 13.8. The molecule has 1 heterocycles. The van der Waals surface area contributed by atoms with Crippen molar-refractivity contribution >= 4 is 5.69 Å². The van der Waals surface area contributed by atoms with Gasteiger partial charge in [-0.25, -0.2) is 0 Å². The maximum Gasteiger partial charge on any atom is 0.0368 e. The van der Waals surface area contributed by atoms with Crippen molar-refractivity contribution in [2.24, 2.45) is 5.92 Å². The number of piperidine rings is 1. The average Bonchev–Trinajstić information content (AvgIpc) is 2.42. The molecule has 1 aliphatic rings. The highest BCUT2D eigenvalue weighted by molar-refractivity contribution is 5.49. The summed E-state index contributed by atoms with van der Waals surface area (Å²) >= 11 is 0. The van der Waals surface area contributed by atoms with Crippen molar-refractivity contribution in [3.8, 4) is 0 Å². The number of nitrogens with one attached hydrogen (secondary N) is 1. The van der Waals surface area contributed by atoms with E-state index in [1.54, 1.807) is 0 Å². The smallest absolute Gasteiger partial charge is 0.0368 e. The Kier molecular flexibility index (Phi) is 4.87. The third-order valence-electron chi connectivity index (χ3n) is 4.61. The summed E-state index contributed by atoms with van der Waals surface area (Å²) in [5, 5.41) is 3.46. The van der Waals surface area contributed by atoms with Gasteiger partial charge in [0.1, 0.15) is 0 Å². The SMILES string of the molecule is CCNC(C)c1ccc(N2CCCC(C)C2C)cc1. The Balaban J connectivity index is 2.09. The van der Waals surface area contributed by atoms with Crippen molar-refractivity contribution in [3.05, 3.63) is 29.8 Å². The minimum atomic E-state index is 0.441. The summed E-state index contributed by atoms with van der Waals surface area (Å²) in [6.45, 7) is 11.3. The van der Waals surface area contributed by atoms with E-state index in [1.165, 1.54) is 30.6 Å². The second-order valence-electron chi connectivity index (χ2n) is 5.92. The molecule has 0 aromatic heterocycles. The van der Waals surface area contributed by atoms with Gasteiger partial charge in [0.25, 0.3) is 0 Å². The molecule has 2 nitrogen and oxygen atoms in total. The van der Waals surface area contributed by atoms with E-state index in [2.05, 4.69) is 62.2 Å². The lowest BCUT2D eigenvalue weighted by atomic mass is 9.91. The fourth-order valence-corrected chi connectivity index (χ4v) is 3.08. The van der Waals surface area contributed by atoms with Gasteiger partial charge in [0, 0.05) is 24.3 Å². The average molecular weight is 260 g/mol. The Hall–Kier alpha value is -1.02. The maximum absolute atomic E-state index is 3.46. The first-order valence-corrected chi connectivity index (χ1v) is 7.73. The van der Waals surface area contributed by atoms with Gasteiger partial charge in [-0.1, -0.05) is 26.0 Å². The number of nitrogens with zero attached hydrogens (tertiary/aromatic N) is 1. The van der Waals surface area contributed by atoms with Gasteiger partial charge in [-0.15, -0.1) is 0 Å². The van der Waals surface area contributed by atoms with Crippen LogP contribution in [0.25, 0.3) is 0 Å². The molecule has 1 saturated heterocycles. The van der Waals surface area contributed by atoms with Crippen molar-refractivity contribution < 1.29 is 0 Å². The molecule has 3 unspecified atom stereocenters. The van der Waals surface area contributed by atoms with E-state index in [-0.39, 0.29) is 0 Å². The second-order valence-corrected chi connectivity index (χ2v) is 5.92. The van der Waals surface area contributed by atoms with E-state index in [4.69, 9.17) is 0 Å². The van der Waals surface area contributed by atoms with Gasteiger partial charge in [0.2, 0.25) is 0 Å². The third-order valence-corrected chi connectivity index (χ3v) is 4.61. The molecule has 2 heteroatoms. The van der Waals surface area contributed by atoms with Crippen LogP contribution >= 0.6 is 0 Å². The summed E-state index contributed by atoms with van der Waals surface area (Å²) in [5.41, 5.74) is 2.76. The molecule has 1 aromatic carbocycles. The predicted octanol–water partition coefficient (Wildman–Crippen LogP) is 3.98. The molecule has 0 bridgehead atoms. The predicted molar refractivity (Wildman–Crippen MR) is 83.7 cm³/mol. The monoisotopic (exact) mass is 260 g/mol. The van der Waals surface area contributed by atoms with Crippen LogP contribution in [-0.2, 0) is 0 Å². The lowest BCUT2D eigenvalue weighted by molar-refractivity contribution is 0.363. The number of hydrogen-bond acceptors (Lipinski definition) is 2. The largest absolute Gasteiger partial charge is 0.369 e. The Morgan fingerprint density at radius 2 is 1.95 bits per heavy atom. The van der Waals surface area contributed by atoms with Gasteiger partial charge >= 0.3 is 0 Å². The summed E-state index contributed by atoms with van der Waals surface area (Å²) < 4.78 is 0. The van der Waals surface area contributed by atoms with E-state index in [0.29, 0.717) is 12.1 Å². The molecule has 19 heavy (non-hydrogen) atoms. The van der Waals surface area contributed by atoms with Crippen LogP contribution in [0.15, 0.2) is 24.3 Å². The Morgan fingerprint density at radius 3 is 2.58 bits per heavy atom. The zero-order valence-electron chi connectivity index (χ0n) is 12.8. The first kappa shape index (κ1) is 14.4. The molecule has 1 N–H and O–H groups in total. The first-order valence-electron chi connectivity index (χ1n) is 7.73. The highest BCUT2D eigenvalue weighted by Crippen LogP contribution is 2.29. The van der Waals surface area contributed by atoms with Gasteiger partial charge in [-0.3, -0.25) is 0 Å². The van der Waals surface area contributed by atoms with Crippen LogP contribution in [0.2, 0.25) is 0 Å². The van der Waals surface area contributed by atoms with Crippen molar-refractivity contribution in [2.45, 2.75) is 52.6 Å². The molecule has 1 aromatic rings. The van der Waals surface area contributed by atoms with Crippen LogP contribution < -0.4 is 10.2 Å². The molecule has 3 atom stereocenters. The number of anilines is 1. The highest BCUT2D eigenvalue weighted by Gasteiger charge is 2.24. The van der Waals surface area contributed by atoms with Crippen LogP contribution in [-0.4, -0.2) is 19.1 Å². The van der Waals surface area contributed by atoms with Gasteiger partial charge in [0.05, 0.1) is 0 Å². The fraction of sp³-hybridized carbons (Fsp3) is 0.647. The van der Waals surface area contributed by atoms with E-state index >= 15 is 0 Å². The van der Waals surface area contributed by atoms with Crippen LogP contribution in [0.1, 0.15) is 52.1 Å². The molecule has 0 radical (unpaired) electrons. The molecule has 0 saturated carbocycles. The number of benzene rings is 1. The molecule has 1 fully saturated rings. The summed E-state index contributed by atoms with van der Waals surface area (Å²) in [6.07, 6.45) is 2.69. The fourth-order valence-electron chi connectivity index (χ4n) is 3.08. The van der Waals surface area contributed by atoms with E-state index in [0.717, 1.165) is 12.5 Å². The van der Waals surface area contributed by atoms with Crippen LogP contribution in [0, 0.1) is 5.92 Å². The van der Waals surface area contributed by atoms with Gasteiger partial charge in [-0.2, -0.15) is 0 Å². The van der Waals surface area contributed by atoms with Crippen LogP contribution in [0.4, 0.5) is 5.69 Å². The maximum atomic E-state index is 3.46. The second kappa shape index (κ2) is 6.42.